The Morgan fingerprint density at radius 1 is 1.26 bits per heavy atom. The number of nitrogens with one attached hydrogen (secondary N) is 1. The van der Waals surface area contributed by atoms with E-state index in [0.29, 0.717) is 6.54 Å². The van der Waals surface area contributed by atoms with E-state index in [1.54, 1.807) is 18.7 Å². The summed E-state index contributed by atoms with van der Waals surface area (Å²) in [5, 5.41) is 2.81. The molecule has 5 nitrogen and oxygen atoms in total. The van der Waals surface area contributed by atoms with Crippen LogP contribution in [-0.2, 0) is 17.9 Å². The minimum absolute atomic E-state index is 0.0699. The summed E-state index contributed by atoms with van der Waals surface area (Å²) >= 11 is 0. The standard InChI is InChI=1S/C14H13N3O2/c18-14(15-8-11-4-3-7-19-11)9-17-10-16-12-5-1-2-6-13(12)17/h1-7,10H,8-9H2,(H,15,18). The number of hydrogen-bond acceptors (Lipinski definition) is 3. The highest BCUT2D eigenvalue weighted by Gasteiger charge is 2.07. The predicted molar refractivity (Wildman–Crippen MR) is 70.3 cm³/mol. The number of amides is 1. The lowest BCUT2D eigenvalue weighted by atomic mass is 10.3. The first-order valence-corrected chi connectivity index (χ1v) is 6.02. The summed E-state index contributed by atoms with van der Waals surface area (Å²) in [6.45, 7) is 0.652. The Morgan fingerprint density at radius 3 is 3.00 bits per heavy atom. The summed E-state index contributed by atoms with van der Waals surface area (Å²) in [7, 11) is 0. The molecule has 1 N–H and O–H groups in total. The second-order valence-corrected chi connectivity index (χ2v) is 4.22. The minimum Gasteiger partial charge on any atom is -0.467 e. The van der Waals surface area contributed by atoms with Gasteiger partial charge in [-0.25, -0.2) is 4.98 Å². The molecule has 0 aliphatic heterocycles. The summed E-state index contributed by atoms with van der Waals surface area (Å²) in [6.07, 6.45) is 3.27. The minimum atomic E-state index is -0.0699. The van der Waals surface area contributed by atoms with Crippen molar-refractivity contribution in [2.45, 2.75) is 13.1 Å². The number of benzene rings is 1. The molecule has 5 heteroatoms. The quantitative estimate of drug-likeness (QED) is 0.775. The molecule has 3 aromatic rings. The van der Waals surface area contributed by atoms with Gasteiger partial charge in [0.05, 0.1) is 30.2 Å². The Kier molecular flexibility index (Phi) is 3.02. The van der Waals surface area contributed by atoms with Crippen LogP contribution in [0.15, 0.2) is 53.4 Å². The van der Waals surface area contributed by atoms with Crippen LogP contribution in [0.1, 0.15) is 5.76 Å². The molecule has 0 bridgehead atoms. The van der Waals surface area contributed by atoms with E-state index < -0.39 is 0 Å². The SMILES string of the molecule is O=C(Cn1cnc2ccccc21)NCc1ccco1. The lowest BCUT2D eigenvalue weighted by Crippen LogP contribution is -2.26. The van der Waals surface area contributed by atoms with Crippen LogP contribution in [0.2, 0.25) is 0 Å². The number of imidazole rings is 1. The zero-order chi connectivity index (χ0) is 13.1. The Labute approximate surface area is 109 Å². The van der Waals surface area contributed by atoms with Crippen LogP contribution >= 0.6 is 0 Å². The molecule has 0 saturated carbocycles. The highest BCUT2D eigenvalue weighted by molar-refractivity contribution is 5.80. The molecule has 96 valence electrons. The van der Waals surface area contributed by atoms with Crippen LogP contribution in [0.3, 0.4) is 0 Å². The van der Waals surface area contributed by atoms with Crippen LogP contribution in [0, 0.1) is 0 Å². The Bertz CT molecular complexity index is 686. The van der Waals surface area contributed by atoms with Crippen molar-refractivity contribution in [3.8, 4) is 0 Å². The molecule has 0 aliphatic carbocycles. The van der Waals surface area contributed by atoms with Crippen LogP contribution < -0.4 is 5.32 Å². The third-order valence-corrected chi connectivity index (χ3v) is 2.88. The molecular formula is C14H13N3O2. The van der Waals surface area contributed by atoms with Crippen molar-refractivity contribution in [1.29, 1.82) is 0 Å². The summed E-state index contributed by atoms with van der Waals surface area (Å²) in [4.78, 5) is 16.1. The van der Waals surface area contributed by atoms with Gasteiger partial charge in [0.15, 0.2) is 0 Å². The van der Waals surface area contributed by atoms with E-state index in [2.05, 4.69) is 10.3 Å². The lowest BCUT2D eigenvalue weighted by Gasteiger charge is -2.05. The van der Waals surface area contributed by atoms with Crippen molar-refractivity contribution in [2.75, 3.05) is 0 Å². The van der Waals surface area contributed by atoms with Crippen molar-refractivity contribution < 1.29 is 9.21 Å². The predicted octanol–water partition coefficient (Wildman–Crippen LogP) is 1.95. The van der Waals surface area contributed by atoms with E-state index in [9.17, 15) is 4.79 Å². The van der Waals surface area contributed by atoms with E-state index in [4.69, 9.17) is 4.42 Å². The molecule has 0 fully saturated rings. The third-order valence-electron chi connectivity index (χ3n) is 2.88. The Hall–Kier alpha value is -2.56. The fourth-order valence-electron chi connectivity index (χ4n) is 1.95. The van der Waals surface area contributed by atoms with E-state index >= 15 is 0 Å². The lowest BCUT2D eigenvalue weighted by molar-refractivity contribution is -0.121. The smallest absolute Gasteiger partial charge is 0.240 e. The molecule has 1 aromatic carbocycles. The average molecular weight is 255 g/mol. The Balaban J connectivity index is 1.66. The molecule has 1 amide bonds. The zero-order valence-corrected chi connectivity index (χ0v) is 10.2. The van der Waals surface area contributed by atoms with Gasteiger partial charge in [-0.1, -0.05) is 12.1 Å². The van der Waals surface area contributed by atoms with Crippen molar-refractivity contribution in [3.63, 3.8) is 0 Å². The van der Waals surface area contributed by atoms with Crippen molar-refractivity contribution in [2.24, 2.45) is 0 Å². The maximum atomic E-state index is 11.8. The van der Waals surface area contributed by atoms with Gasteiger partial charge >= 0.3 is 0 Å². The number of fused-ring (bicyclic) bond motifs is 1. The first-order chi connectivity index (χ1) is 9.33. The van der Waals surface area contributed by atoms with E-state index in [1.807, 2.05) is 34.9 Å². The van der Waals surface area contributed by atoms with Gasteiger partial charge < -0.3 is 14.3 Å². The molecule has 0 atom stereocenters. The highest BCUT2D eigenvalue weighted by atomic mass is 16.3. The molecule has 0 aliphatic rings. The molecule has 0 unspecified atom stereocenters. The first kappa shape index (κ1) is 11.5. The molecule has 0 radical (unpaired) electrons. The van der Waals surface area contributed by atoms with Gasteiger partial charge in [-0.05, 0) is 24.3 Å². The first-order valence-electron chi connectivity index (χ1n) is 6.02. The largest absolute Gasteiger partial charge is 0.467 e. The van der Waals surface area contributed by atoms with Crippen LogP contribution in [0.5, 0.6) is 0 Å². The van der Waals surface area contributed by atoms with Gasteiger partial charge in [0.25, 0.3) is 0 Å². The van der Waals surface area contributed by atoms with Gasteiger partial charge in [0.1, 0.15) is 12.3 Å². The van der Waals surface area contributed by atoms with Crippen LogP contribution in [-0.4, -0.2) is 15.5 Å². The normalized spacial score (nSPS) is 10.7. The second-order valence-electron chi connectivity index (χ2n) is 4.22. The number of carbonyl (C=O) groups is 1. The maximum Gasteiger partial charge on any atom is 0.240 e. The average Bonchev–Trinajstić information content (AvgIpc) is 3.07. The number of carbonyl (C=O) groups excluding carboxylic acids is 1. The molecule has 2 aromatic heterocycles. The summed E-state index contributed by atoms with van der Waals surface area (Å²) in [6, 6.07) is 11.4. The third kappa shape index (κ3) is 2.49. The number of rotatable bonds is 4. The highest BCUT2D eigenvalue weighted by Crippen LogP contribution is 2.11. The summed E-state index contributed by atoms with van der Waals surface area (Å²) < 4.78 is 6.98. The van der Waals surface area contributed by atoms with E-state index in [1.165, 1.54) is 0 Å². The molecule has 0 spiro atoms. The molecule has 19 heavy (non-hydrogen) atoms. The number of aromatic nitrogens is 2. The molecule has 2 heterocycles. The maximum absolute atomic E-state index is 11.8. The van der Waals surface area contributed by atoms with Gasteiger partial charge in [-0.15, -0.1) is 0 Å². The second kappa shape index (κ2) is 4.97. The van der Waals surface area contributed by atoms with Crippen molar-refractivity contribution in [1.82, 2.24) is 14.9 Å². The molecule has 0 saturated heterocycles. The van der Waals surface area contributed by atoms with Crippen molar-refractivity contribution in [3.05, 3.63) is 54.7 Å². The number of hydrogen-bond donors (Lipinski definition) is 1. The van der Waals surface area contributed by atoms with Gasteiger partial charge in [0.2, 0.25) is 5.91 Å². The van der Waals surface area contributed by atoms with Gasteiger partial charge in [-0.3, -0.25) is 4.79 Å². The Morgan fingerprint density at radius 2 is 2.16 bits per heavy atom. The monoisotopic (exact) mass is 255 g/mol. The van der Waals surface area contributed by atoms with E-state index in [-0.39, 0.29) is 12.5 Å². The number of nitrogens with zero attached hydrogens (tertiary/aromatic N) is 2. The van der Waals surface area contributed by atoms with E-state index in [0.717, 1.165) is 16.8 Å². The summed E-state index contributed by atoms with van der Waals surface area (Å²) in [5.41, 5.74) is 1.84. The zero-order valence-electron chi connectivity index (χ0n) is 10.2. The number of para-hydroxylation sites is 2. The van der Waals surface area contributed by atoms with Crippen LogP contribution in [0.4, 0.5) is 0 Å². The van der Waals surface area contributed by atoms with Gasteiger partial charge in [-0.2, -0.15) is 0 Å². The fraction of sp³-hybridized carbons (Fsp3) is 0.143. The van der Waals surface area contributed by atoms with Gasteiger partial charge in [0, 0.05) is 0 Å². The van der Waals surface area contributed by atoms with Crippen LogP contribution in [0.25, 0.3) is 11.0 Å². The number of furan rings is 1. The summed E-state index contributed by atoms with van der Waals surface area (Å²) in [5.74, 6) is 0.670. The topological polar surface area (TPSA) is 60.1 Å². The fourth-order valence-corrected chi connectivity index (χ4v) is 1.95. The molecule has 3 rings (SSSR count). The molecular weight excluding hydrogens is 242 g/mol. The van der Waals surface area contributed by atoms with Crippen molar-refractivity contribution >= 4 is 16.9 Å².